The van der Waals surface area contributed by atoms with Gasteiger partial charge in [0.15, 0.2) is 0 Å². The minimum atomic E-state index is -0.923. The van der Waals surface area contributed by atoms with Gasteiger partial charge in [-0.2, -0.15) is 0 Å². The number of imide groups is 1. The molecule has 0 rings (SSSR count). The molecule has 0 aromatic heterocycles. The zero-order chi connectivity index (χ0) is 13.4. The van der Waals surface area contributed by atoms with Crippen LogP contribution in [-0.2, 0) is 9.59 Å². The molecule has 0 saturated carbocycles. The summed E-state index contributed by atoms with van der Waals surface area (Å²) in [5.41, 5.74) is 0. The van der Waals surface area contributed by atoms with E-state index in [-0.39, 0.29) is 13.0 Å². The Morgan fingerprint density at radius 1 is 1.35 bits per heavy atom. The second kappa shape index (κ2) is 7.61. The zero-order valence-electron chi connectivity index (χ0n) is 10.3. The summed E-state index contributed by atoms with van der Waals surface area (Å²) >= 11 is 0. The van der Waals surface area contributed by atoms with Gasteiger partial charge in [0.05, 0.1) is 12.5 Å². The summed E-state index contributed by atoms with van der Waals surface area (Å²) in [6.07, 6.45) is -0.0464. The van der Waals surface area contributed by atoms with Crippen molar-refractivity contribution in [1.82, 2.24) is 15.5 Å². The van der Waals surface area contributed by atoms with Gasteiger partial charge >= 0.3 is 12.0 Å². The molecule has 1 unspecified atom stereocenters. The maximum atomic E-state index is 11.6. The molecule has 7 nitrogen and oxygen atoms in total. The molecule has 3 N–H and O–H groups in total. The third-order valence-electron chi connectivity index (χ3n) is 2.29. The summed E-state index contributed by atoms with van der Waals surface area (Å²) in [6, 6.07) is -1.10. The Hall–Kier alpha value is -1.63. The molecule has 7 heteroatoms. The van der Waals surface area contributed by atoms with E-state index in [9.17, 15) is 14.4 Å². The standard InChI is InChI=1S/C10H19N3O4/c1-4-11-10(17)12-9(16)7(2)13(3)6-5-8(14)15/h7H,4-6H2,1-3H3,(H,14,15)(H2,11,12,16,17). The molecule has 0 bridgehead atoms. The molecule has 0 aliphatic rings. The smallest absolute Gasteiger partial charge is 0.321 e. The normalized spacial score (nSPS) is 12.0. The van der Waals surface area contributed by atoms with Crippen LogP contribution in [-0.4, -0.2) is 54.1 Å². The molecule has 0 aromatic carbocycles. The van der Waals surface area contributed by atoms with Gasteiger partial charge in [-0.15, -0.1) is 0 Å². The second-order valence-electron chi connectivity index (χ2n) is 3.65. The lowest BCUT2D eigenvalue weighted by Gasteiger charge is -2.22. The lowest BCUT2D eigenvalue weighted by molar-refractivity contribution is -0.138. The van der Waals surface area contributed by atoms with Gasteiger partial charge in [-0.1, -0.05) is 0 Å². The Bertz CT molecular complexity index is 293. The number of hydrogen-bond acceptors (Lipinski definition) is 4. The number of urea groups is 1. The van der Waals surface area contributed by atoms with Crippen molar-refractivity contribution in [3.8, 4) is 0 Å². The van der Waals surface area contributed by atoms with Crippen LogP contribution in [0.2, 0.25) is 0 Å². The number of carbonyl (C=O) groups excluding carboxylic acids is 2. The molecule has 0 radical (unpaired) electrons. The van der Waals surface area contributed by atoms with Crippen LogP contribution in [0.15, 0.2) is 0 Å². The summed E-state index contributed by atoms with van der Waals surface area (Å²) in [5, 5.41) is 13.1. The van der Waals surface area contributed by atoms with Crippen LogP contribution in [0.5, 0.6) is 0 Å². The molecule has 17 heavy (non-hydrogen) atoms. The Balaban J connectivity index is 4.10. The first-order chi connectivity index (χ1) is 7.88. The third kappa shape index (κ3) is 6.52. The lowest BCUT2D eigenvalue weighted by atomic mass is 10.2. The van der Waals surface area contributed by atoms with Crippen molar-refractivity contribution in [2.45, 2.75) is 26.3 Å². The van der Waals surface area contributed by atoms with Crippen molar-refractivity contribution in [2.24, 2.45) is 0 Å². The molecule has 1 atom stereocenters. The largest absolute Gasteiger partial charge is 0.481 e. The number of aliphatic carboxylic acids is 1. The first-order valence-electron chi connectivity index (χ1n) is 5.39. The zero-order valence-corrected chi connectivity index (χ0v) is 10.3. The van der Waals surface area contributed by atoms with Crippen molar-refractivity contribution in [3.63, 3.8) is 0 Å². The number of nitrogens with one attached hydrogen (secondary N) is 2. The molecule has 3 amide bonds. The number of nitrogens with zero attached hydrogens (tertiary/aromatic N) is 1. The van der Waals surface area contributed by atoms with E-state index in [2.05, 4.69) is 10.6 Å². The Morgan fingerprint density at radius 3 is 2.41 bits per heavy atom. The van der Waals surface area contributed by atoms with Crippen LogP contribution < -0.4 is 10.6 Å². The van der Waals surface area contributed by atoms with Crippen molar-refractivity contribution in [1.29, 1.82) is 0 Å². The van der Waals surface area contributed by atoms with Gasteiger partial charge < -0.3 is 10.4 Å². The quantitative estimate of drug-likeness (QED) is 0.593. The number of carboxylic acid groups (broad SMARTS) is 1. The molecule has 0 spiro atoms. The van der Waals surface area contributed by atoms with Gasteiger partial charge in [-0.05, 0) is 20.9 Å². The van der Waals surface area contributed by atoms with Crippen LogP contribution in [0.4, 0.5) is 4.79 Å². The Labute approximate surface area is 100 Å². The molecule has 0 saturated heterocycles. The summed E-state index contributed by atoms with van der Waals surface area (Å²) in [5.74, 6) is -1.38. The van der Waals surface area contributed by atoms with Crippen molar-refractivity contribution >= 4 is 17.9 Å². The van der Waals surface area contributed by atoms with Gasteiger partial charge in [-0.3, -0.25) is 19.8 Å². The van der Waals surface area contributed by atoms with Gasteiger partial charge in [-0.25, -0.2) is 4.79 Å². The predicted molar refractivity (Wildman–Crippen MR) is 61.6 cm³/mol. The van der Waals surface area contributed by atoms with E-state index in [0.717, 1.165) is 0 Å². The maximum Gasteiger partial charge on any atom is 0.321 e. The first kappa shape index (κ1) is 15.4. The van der Waals surface area contributed by atoms with Crippen molar-refractivity contribution in [3.05, 3.63) is 0 Å². The summed E-state index contributed by atoms with van der Waals surface area (Å²) in [6.45, 7) is 4.03. The maximum absolute atomic E-state index is 11.6. The molecule has 0 fully saturated rings. The highest BCUT2D eigenvalue weighted by Gasteiger charge is 2.19. The van der Waals surface area contributed by atoms with Crippen LogP contribution in [0.1, 0.15) is 20.3 Å². The SMILES string of the molecule is CCNC(=O)NC(=O)C(C)N(C)CCC(=O)O. The van der Waals surface area contributed by atoms with Gasteiger partial charge in [0.1, 0.15) is 0 Å². The monoisotopic (exact) mass is 245 g/mol. The van der Waals surface area contributed by atoms with Crippen LogP contribution in [0, 0.1) is 0 Å². The van der Waals surface area contributed by atoms with Gasteiger partial charge in [0, 0.05) is 13.1 Å². The summed E-state index contributed by atoms with van der Waals surface area (Å²) in [7, 11) is 1.63. The molecule has 0 aliphatic heterocycles. The first-order valence-corrected chi connectivity index (χ1v) is 5.39. The van der Waals surface area contributed by atoms with E-state index >= 15 is 0 Å². The molecule has 98 valence electrons. The van der Waals surface area contributed by atoms with Crippen molar-refractivity contribution in [2.75, 3.05) is 20.1 Å². The minimum Gasteiger partial charge on any atom is -0.481 e. The average Bonchev–Trinajstić information content (AvgIpc) is 2.24. The van der Waals surface area contributed by atoms with Crippen LogP contribution in [0.3, 0.4) is 0 Å². The third-order valence-corrected chi connectivity index (χ3v) is 2.29. The van der Waals surface area contributed by atoms with E-state index in [1.807, 2.05) is 0 Å². The van der Waals surface area contributed by atoms with E-state index < -0.39 is 23.9 Å². The number of amides is 3. The molecular weight excluding hydrogens is 226 g/mol. The molecule has 0 aromatic rings. The topological polar surface area (TPSA) is 98.7 Å². The highest BCUT2D eigenvalue weighted by Crippen LogP contribution is 1.97. The second-order valence-corrected chi connectivity index (χ2v) is 3.65. The fraction of sp³-hybridized carbons (Fsp3) is 0.700. The fourth-order valence-electron chi connectivity index (χ4n) is 1.09. The lowest BCUT2D eigenvalue weighted by Crippen LogP contribution is -2.48. The highest BCUT2D eigenvalue weighted by atomic mass is 16.4. The van der Waals surface area contributed by atoms with Gasteiger partial charge in [0.25, 0.3) is 0 Å². The van der Waals surface area contributed by atoms with Crippen LogP contribution in [0.25, 0.3) is 0 Å². The number of rotatable bonds is 6. The van der Waals surface area contributed by atoms with E-state index in [4.69, 9.17) is 5.11 Å². The molecule has 0 heterocycles. The number of likely N-dealkylation sites (N-methyl/N-ethyl adjacent to an activating group) is 1. The van der Waals surface area contributed by atoms with Crippen LogP contribution >= 0.6 is 0 Å². The Morgan fingerprint density at radius 2 is 1.94 bits per heavy atom. The molecular formula is C10H19N3O4. The van der Waals surface area contributed by atoms with E-state index in [1.54, 1.807) is 25.8 Å². The molecule has 0 aliphatic carbocycles. The van der Waals surface area contributed by atoms with Crippen molar-refractivity contribution < 1.29 is 19.5 Å². The number of hydrogen-bond donors (Lipinski definition) is 3. The highest BCUT2D eigenvalue weighted by molar-refractivity contribution is 5.96. The Kier molecular flexibility index (Phi) is 6.88. The number of carbonyl (C=O) groups is 3. The summed E-state index contributed by atoms with van der Waals surface area (Å²) < 4.78 is 0. The summed E-state index contributed by atoms with van der Waals surface area (Å²) in [4.78, 5) is 34.6. The van der Waals surface area contributed by atoms with Gasteiger partial charge in [0.2, 0.25) is 5.91 Å². The number of carboxylic acids is 1. The fourth-order valence-corrected chi connectivity index (χ4v) is 1.09. The van der Waals surface area contributed by atoms with E-state index in [1.165, 1.54) is 0 Å². The average molecular weight is 245 g/mol. The van der Waals surface area contributed by atoms with E-state index in [0.29, 0.717) is 6.54 Å². The minimum absolute atomic E-state index is 0.0464. The predicted octanol–water partition coefficient (Wildman–Crippen LogP) is -0.373.